The average molecular weight is 570 g/mol. The van der Waals surface area contributed by atoms with Gasteiger partial charge in [0, 0.05) is 12.6 Å². The Morgan fingerprint density at radius 1 is 0.950 bits per heavy atom. The molecule has 1 N–H and O–H groups in total. The Morgan fingerprint density at radius 2 is 1.57 bits per heavy atom. The highest BCUT2D eigenvalue weighted by molar-refractivity contribution is 7.92. The van der Waals surface area contributed by atoms with Gasteiger partial charge in [0.25, 0.3) is 10.0 Å². The molecule has 214 valence electrons. The number of hydrogen-bond acceptors (Lipinski definition) is 5. The summed E-state index contributed by atoms with van der Waals surface area (Å²) in [5.74, 6) is -0.978. The lowest BCUT2D eigenvalue weighted by Gasteiger charge is -2.32. The number of aryl methyl sites for hydroxylation is 1. The second kappa shape index (κ2) is 13.4. The monoisotopic (exact) mass is 569 g/mol. The second-order valence-corrected chi connectivity index (χ2v) is 11.5. The maximum Gasteiger partial charge on any atom is 0.264 e. The summed E-state index contributed by atoms with van der Waals surface area (Å²) < 4.78 is 47.6. The summed E-state index contributed by atoms with van der Waals surface area (Å²) in [7, 11) is -4.29. The van der Waals surface area contributed by atoms with E-state index in [4.69, 9.17) is 4.74 Å². The first-order valence-electron chi connectivity index (χ1n) is 13.1. The van der Waals surface area contributed by atoms with Crippen molar-refractivity contribution in [3.05, 3.63) is 89.7 Å². The Morgan fingerprint density at radius 3 is 2.15 bits per heavy atom. The fourth-order valence-corrected chi connectivity index (χ4v) is 5.51. The van der Waals surface area contributed by atoms with Crippen LogP contribution in [0.3, 0.4) is 0 Å². The fraction of sp³-hybridized carbons (Fsp3) is 0.333. The van der Waals surface area contributed by atoms with Gasteiger partial charge >= 0.3 is 0 Å². The first-order valence-corrected chi connectivity index (χ1v) is 14.5. The lowest BCUT2D eigenvalue weighted by Crippen LogP contribution is -2.52. The van der Waals surface area contributed by atoms with E-state index in [0.29, 0.717) is 12.4 Å². The number of sulfonamides is 1. The number of amides is 2. The van der Waals surface area contributed by atoms with Gasteiger partial charge in [0.05, 0.1) is 17.2 Å². The zero-order chi connectivity index (χ0) is 29.4. The van der Waals surface area contributed by atoms with Gasteiger partial charge in [0.1, 0.15) is 24.2 Å². The lowest BCUT2D eigenvalue weighted by molar-refractivity contribution is -0.139. The van der Waals surface area contributed by atoms with E-state index in [1.165, 1.54) is 4.90 Å². The van der Waals surface area contributed by atoms with E-state index in [0.717, 1.165) is 39.7 Å². The van der Waals surface area contributed by atoms with Gasteiger partial charge in [-0.1, -0.05) is 24.3 Å². The van der Waals surface area contributed by atoms with Crippen molar-refractivity contribution in [3.63, 3.8) is 0 Å². The van der Waals surface area contributed by atoms with Crippen LogP contribution in [-0.4, -0.2) is 50.4 Å². The molecule has 10 heteroatoms. The van der Waals surface area contributed by atoms with Crippen molar-refractivity contribution in [2.45, 2.75) is 58.1 Å². The van der Waals surface area contributed by atoms with Crippen LogP contribution in [0.2, 0.25) is 0 Å². The summed E-state index contributed by atoms with van der Waals surface area (Å²) >= 11 is 0. The van der Waals surface area contributed by atoms with E-state index in [1.54, 1.807) is 31.2 Å². The van der Waals surface area contributed by atoms with Gasteiger partial charge in [-0.3, -0.25) is 13.9 Å². The van der Waals surface area contributed by atoms with Crippen molar-refractivity contribution in [3.8, 4) is 5.75 Å². The van der Waals surface area contributed by atoms with Crippen LogP contribution in [0.5, 0.6) is 5.75 Å². The highest BCUT2D eigenvalue weighted by Crippen LogP contribution is 2.27. The van der Waals surface area contributed by atoms with E-state index in [1.807, 2.05) is 52.0 Å². The van der Waals surface area contributed by atoms with Crippen LogP contribution in [0.4, 0.5) is 10.1 Å². The Labute approximate surface area is 235 Å². The molecule has 0 aliphatic rings. The molecule has 0 spiro atoms. The van der Waals surface area contributed by atoms with Gasteiger partial charge in [-0.15, -0.1) is 0 Å². The average Bonchev–Trinajstić information content (AvgIpc) is 2.91. The number of ether oxygens (including phenoxy) is 1. The molecule has 0 aromatic heterocycles. The van der Waals surface area contributed by atoms with Gasteiger partial charge in [0.15, 0.2) is 0 Å². The Kier molecular flexibility index (Phi) is 10.3. The molecule has 0 radical (unpaired) electrons. The predicted molar refractivity (Wildman–Crippen MR) is 153 cm³/mol. The van der Waals surface area contributed by atoms with Crippen LogP contribution in [0.15, 0.2) is 77.7 Å². The quantitative estimate of drug-likeness (QED) is 0.342. The molecule has 2 amide bonds. The molecule has 0 aliphatic heterocycles. The number of nitrogens with zero attached hydrogens (tertiary/aromatic N) is 2. The molecular formula is C30H36FN3O5S. The third kappa shape index (κ3) is 7.59. The Bertz CT molecular complexity index is 1410. The molecule has 0 aliphatic carbocycles. The van der Waals surface area contributed by atoms with E-state index >= 15 is 0 Å². The summed E-state index contributed by atoms with van der Waals surface area (Å²) in [5.41, 5.74) is 1.98. The Hall–Kier alpha value is -3.92. The zero-order valence-corrected chi connectivity index (χ0v) is 24.2. The summed E-state index contributed by atoms with van der Waals surface area (Å²) in [6.07, 6.45) is 0. The van der Waals surface area contributed by atoms with Crippen LogP contribution in [-0.2, 0) is 26.2 Å². The molecule has 1 unspecified atom stereocenters. The van der Waals surface area contributed by atoms with E-state index in [-0.39, 0.29) is 29.1 Å². The molecule has 1 atom stereocenters. The van der Waals surface area contributed by atoms with Crippen molar-refractivity contribution in [2.75, 3.05) is 17.5 Å². The molecule has 8 nitrogen and oxygen atoms in total. The standard InChI is InChI=1S/C30H36FN3O5S/c1-6-39-27-15-13-26(14-16-27)34(40(37,38)28-17-11-25(31)12-18-28)20-29(35)33(23(5)30(36)32-21(2)3)19-24-10-8-7-9-22(24)4/h7-18,21,23H,6,19-20H2,1-5H3,(H,32,36). The molecular weight excluding hydrogens is 533 g/mol. The summed E-state index contributed by atoms with van der Waals surface area (Å²) in [6, 6.07) is 17.2. The smallest absolute Gasteiger partial charge is 0.264 e. The molecule has 0 fully saturated rings. The highest BCUT2D eigenvalue weighted by Gasteiger charge is 2.33. The number of benzene rings is 3. The molecule has 0 bridgehead atoms. The minimum Gasteiger partial charge on any atom is -0.494 e. The maximum atomic E-state index is 13.9. The zero-order valence-electron chi connectivity index (χ0n) is 23.4. The number of hydrogen-bond donors (Lipinski definition) is 1. The number of anilines is 1. The van der Waals surface area contributed by atoms with Crippen molar-refractivity contribution in [1.29, 1.82) is 0 Å². The van der Waals surface area contributed by atoms with Crippen molar-refractivity contribution in [1.82, 2.24) is 10.2 Å². The minimum absolute atomic E-state index is 0.103. The lowest BCUT2D eigenvalue weighted by atomic mass is 10.1. The molecule has 40 heavy (non-hydrogen) atoms. The first-order chi connectivity index (χ1) is 18.9. The second-order valence-electron chi connectivity index (χ2n) is 9.68. The van der Waals surface area contributed by atoms with Gasteiger partial charge in [-0.25, -0.2) is 12.8 Å². The van der Waals surface area contributed by atoms with Crippen molar-refractivity contribution < 1.29 is 27.1 Å². The van der Waals surface area contributed by atoms with Crippen LogP contribution >= 0.6 is 0 Å². The van der Waals surface area contributed by atoms with Gasteiger partial charge < -0.3 is 15.0 Å². The van der Waals surface area contributed by atoms with Crippen molar-refractivity contribution in [2.24, 2.45) is 0 Å². The predicted octanol–water partition coefficient (Wildman–Crippen LogP) is 4.67. The SMILES string of the molecule is CCOc1ccc(N(CC(=O)N(Cc2ccccc2C)C(C)C(=O)NC(C)C)S(=O)(=O)c2ccc(F)cc2)cc1. The molecule has 3 rings (SSSR count). The summed E-state index contributed by atoms with van der Waals surface area (Å²) in [4.78, 5) is 28.1. The number of nitrogens with one attached hydrogen (secondary N) is 1. The molecule has 0 heterocycles. The van der Waals surface area contributed by atoms with Crippen molar-refractivity contribution >= 4 is 27.5 Å². The fourth-order valence-electron chi connectivity index (χ4n) is 4.10. The largest absolute Gasteiger partial charge is 0.494 e. The molecule has 0 saturated carbocycles. The van der Waals surface area contributed by atoms with E-state index in [2.05, 4.69) is 5.32 Å². The van der Waals surface area contributed by atoms with E-state index in [9.17, 15) is 22.4 Å². The number of carbonyl (C=O) groups is 2. The Balaban J connectivity index is 2.04. The first kappa shape index (κ1) is 30.6. The van der Waals surface area contributed by atoms with Gasteiger partial charge in [-0.2, -0.15) is 0 Å². The molecule has 3 aromatic rings. The maximum absolute atomic E-state index is 13.9. The van der Waals surface area contributed by atoms with Crippen LogP contribution in [0.1, 0.15) is 38.8 Å². The summed E-state index contributed by atoms with van der Waals surface area (Å²) in [5, 5.41) is 2.83. The molecule has 3 aromatic carbocycles. The highest BCUT2D eigenvalue weighted by atomic mass is 32.2. The van der Waals surface area contributed by atoms with Crippen LogP contribution in [0.25, 0.3) is 0 Å². The van der Waals surface area contributed by atoms with Gasteiger partial charge in [-0.05, 0) is 94.3 Å². The topological polar surface area (TPSA) is 96.0 Å². The third-order valence-corrected chi connectivity index (χ3v) is 8.10. The number of halogens is 1. The normalized spacial score (nSPS) is 12.1. The van der Waals surface area contributed by atoms with Crippen LogP contribution < -0.4 is 14.4 Å². The minimum atomic E-state index is -4.29. The van der Waals surface area contributed by atoms with Crippen LogP contribution in [0, 0.1) is 12.7 Å². The summed E-state index contributed by atoms with van der Waals surface area (Å²) in [6.45, 7) is 8.94. The van der Waals surface area contributed by atoms with E-state index < -0.39 is 34.3 Å². The number of rotatable bonds is 12. The molecule has 0 saturated heterocycles. The van der Waals surface area contributed by atoms with Gasteiger partial charge in [0.2, 0.25) is 11.8 Å². The third-order valence-electron chi connectivity index (χ3n) is 6.32. The number of carbonyl (C=O) groups excluding carboxylic acids is 2.